The standard InChI is InChI=1S/C24H30Cl2N2O3/c1-17(2)15-27-24(30)18(3)28(16-19-6-4-7-21(26)14-19)23(29)8-5-13-31-22-11-9-20(25)10-12-22/h4,6-7,9-12,14,17-18H,5,8,13,15-16H2,1-3H3,(H,27,30)/t18-/m1/s1. The number of nitrogens with one attached hydrogen (secondary N) is 1. The molecule has 7 heteroatoms. The first-order valence-electron chi connectivity index (χ1n) is 10.5. The highest BCUT2D eigenvalue weighted by Crippen LogP contribution is 2.18. The summed E-state index contributed by atoms with van der Waals surface area (Å²) in [5, 5.41) is 4.15. The summed E-state index contributed by atoms with van der Waals surface area (Å²) in [7, 11) is 0. The lowest BCUT2D eigenvalue weighted by molar-refractivity contribution is -0.140. The smallest absolute Gasteiger partial charge is 0.242 e. The first-order chi connectivity index (χ1) is 14.8. The van der Waals surface area contributed by atoms with Crippen LogP contribution in [0.3, 0.4) is 0 Å². The molecule has 2 aromatic carbocycles. The van der Waals surface area contributed by atoms with Crippen molar-refractivity contribution in [3.63, 3.8) is 0 Å². The molecule has 0 saturated heterocycles. The number of ether oxygens (including phenoxy) is 1. The van der Waals surface area contributed by atoms with Crippen molar-refractivity contribution >= 4 is 35.0 Å². The van der Waals surface area contributed by atoms with Crippen LogP contribution in [0.4, 0.5) is 0 Å². The number of carbonyl (C=O) groups excluding carboxylic acids is 2. The molecule has 1 atom stereocenters. The average Bonchev–Trinajstić information content (AvgIpc) is 2.74. The minimum Gasteiger partial charge on any atom is -0.494 e. The van der Waals surface area contributed by atoms with E-state index < -0.39 is 6.04 Å². The number of benzene rings is 2. The fraction of sp³-hybridized carbons (Fsp3) is 0.417. The molecule has 0 radical (unpaired) electrons. The van der Waals surface area contributed by atoms with E-state index in [0.717, 1.165) is 5.56 Å². The minimum atomic E-state index is -0.595. The van der Waals surface area contributed by atoms with Gasteiger partial charge in [-0.2, -0.15) is 0 Å². The van der Waals surface area contributed by atoms with Gasteiger partial charge in [0.2, 0.25) is 11.8 Å². The maximum absolute atomic E-state index is 13.0. The highest BCUT2D eigenvalue weighted by molar-refractivity contribution is 6.30. The number of rotatable bonds is 11. The summed E-state index contributed by atoms with van der Waals surface area (Å²) in [4.78, 5) is 27.2. The number of halogens is 2. The zero-order valence-corrected chi connectivity index (χ0v) is 19.7. The summed E-state index contributed by atoms with van der Waals surface area (Å²) in [6.07, 6.45) is 0.809. The molecular formula is C24H30Cl2N2O3. The largest absolute Gasteiger partial charge is 0.494 e. The van der Waals surface area contributed by atoms with Crippen LogP contribution in [0.5, 0.6) is 5.75 Å². The molecule has 0 aromatic heterocycles. The van der Waals surface area contributed by atoms with Crippen LogP contribution < -0.4 is 10.1 Å². The Bertz CT molecular complexity index is 856. The van der Waals surface area contributed by atoms with Crippen molar-refractivity contribution in [3.05, 3.63) is 64.1 Å². The average molecular weight is 465 g/mol. The Kier molecular flexibility index (Phi) is 10.2. The third kappa shape index (κ3) is 8.80. The number of hydrogen-bond acceptors (Lipinski definition) is 3. The topological polar surface area (TPSA) is 58.6 Å². The lowest BCUT2D eigenvalue weighted by Gasteiger charge is -2.29. The van der Waals surface area contributed by atoms with Crippen molar-refractivity contribution in [2.45, 2.75) is 46.2 Å². The number of amides is 2. The van der Waals surface area contributed by atoms with Crippen LogP contribution in [-0.4, -0.2) is 35.9 Å². The zero-order chi connectivity index (χ0) is 22.8. The molecule has 0 spiro atoms. The molecule has 168 valence electrons. The molecule has 0 bridgehead atoms. The fourth-order valence-electron chi connectivity index (χ4n) is 2.95. The minimum absolute atomic E-state index is 0.105. The third-order valence-electron chi connectivity index (χ3n) is 4.71. The van der Waals surface area contributed by atoms with E-state index in [9.17, 15) is 9.59 Å². The molecular weight excluding hydrogens is 435 g/mol. The first-order valence-corrected chi connectivity index (χ1v) is 11.2. The summed E-state index contributed by atoms with van der Waals surface area (Å²) in [6.45, 7) is 7.08. The van der Waals surface area contributed by atoms with Crippen LogP contribution in [0.2, 0.25) is 10.0 Å². The summed E-state index contributed by atoms with van der Waals surface area (Å²) in [6, 6.07) is 13.8. The molecule has 0 fully saturated rings. The van der Waals surface area contributed by atoms with E-state index in [4.69, 9.17) is 27.9 Å². The molecule has 1 N–H and O–H groups in total. The van der Waals surface area contributed by atoms with Gasteiger partial charge in [-0.25, -0.2) is 0 Å². The predicted octanol–water partition coefficient (Wildman–Crippen LogP) is 5.34. The lowest BCUT2D eigenvalue weighted by atomic mass is 10.1. The molecule has 2 rings (SSSR count). The quantitative estimate of drug-likeness (QED) is 0.456. The molecule has 0 aliphatic rings. The van der Waals surface area contributed by atoms with Crippen LogP contribution in [0.1, 0.15) is 39.2 Å². The Labute approximate surface area is 194 Å². The highest BCUT2D eigenvalue weighted by Gasteiger charge is 2.26. The van der Waals surface area contributed by atoms with Gasteiger partial charge in [0, 0.05) is 29.6 Å². The van der Waals surface area contributed by atoms with Gasteiger partial charge in [0.25, 0.3) is 0 Å². The van der Waals surface area contributed by atoms with E-state index in [1.54, 1.807) is 42.2 Å². The van der Waals surface area contributed by atoms with Gasteiger partial charge in [0.1, 0.15) is 11.8 Å². The molecule has 0 heterocycles. The maximum atomic E-state index is 13.0. The number of carbonyl (C=O) groups is 2. The first kappa shape index (κ1) is 25.0. The predicted molar refractivity (Wildman–Crippen MR) is 125 cm³/mol. The third-order valence-corrected chi connectivity index (χ3v) is 5.20. The molecule has 5 nitrogen and oxygen atoms in total. The molecule has 0 unspecified atom stereocenters. The Hall–Kier alpha value is -2.24. The second-order valence-corrected chi connectivity index (χ2v) is 8.75. The van der Waals surface area contributed by atoms with Crippen molar-refractivity contribution in [3.8, 4) is 5.75 Å². The maximum Gasteiger partial charge on any atom is 0.242 e. The van der Waals surface area contributed by atoms with Crippen molar-refractivity contribution in [1.29, 1.82) is 0 Å². The highest BCUT2D eigenvalue weighted by atomic mass is 35.5. The molecule has 31 heavy (non-hydrogen) atoms. The van der Waals surface area contributed by atoms with Crippen LogP contribution in [0.15, 0.2) is 48.5 Å². The van der Waals surface area contributed by atoms with E-state index in [1.165, 1.54) is 0 Å². The van der Waals surface area contributed by atoms with Crippen LogP contribution in [0.25, 0.3) is 0 Å². The van der Waals surface area contributed by atoms with Gasteiger partial charge in [-0.3, -0.25) is 9.59 Å². The van der Waals surface area contributed by atoms with Gasteiger partial charge < -0.3 is 15.0 Å². The Morgan fingerprint density at radius 3 is 2.39 bits per heavy atom. The summed E-state index contributed by atoms with van der Waals surface area (Å²) < 4.78 is 5.67. The van der Waals surface area contributed by atoms with Gasteiger partial charge in [-0.15, -0.1) is 0 Å². The van der Waals surface area contributed by atoms with Crippen molar-refractivity contribution < 1.29 is 14.3 Å². The molecule has 0 saturated carbocycles. The van der Waals surface area contributed by atoms with E-state index in [2.05, 4.69) is 5.32 Å². The van der Waals surface area contributed by atoms with E-state index in [1.807, 2.05) is 32.0 Å². The lowest BCUT2D eigenvalue weighted by Crippen LogP contribution is -2.48. The number of hydrogen-bond donors (Lipinski definition) is 1. The second-order valence-electron chi connectivity index (χ2n) is 7.87. The van der Waals surface area contributed by atoms with Gasteiger partial charge in [-0.1, -0.05) is 49.2 Å². The monoisotopic (exact) mass is 464 g/mol. The van der Waals surface area contributed by atoms with E-state index >= 15 is 0 Å². The van der Waals surface area contributed by atoms with Crippen LogP contribution >= 0.6 is 23.2 Å². The molecule has 0 aliphatic heterocycles. The SMILES string of the molecule is CC(C)CNC(=O)[C@@H](C)N(Cc1cccc(Cl)c1)C(=O)CCCOc1ccc(Cl)cc1. The van der Waals surface area contributed by atoms with Gasteiger partial charge in [0.05, 0.1) is 6.61 Å². The van der Waals surface area contributed by atoms with Crippen LogP contribution in [-0.2, 0) is 16.1 Å². The van der Waals surface area contributed by atoms with Gasteiger partial charge in [0.15, 0.2) is 0 Å². The summed E-state index contributed by atoms with van der Waals surface area (Å²) in [5.74, 6) is 0.765. The van der Waals surface area contributed by atoms with Gasteiger partial charge in [-0.05, 0) is 61.2 Å². The summed E-state index contributed by atoms with van der Waals surface area (Å²) in [5.41, 5.74) is 0.877. The Balaban J connectivity index is 1.98. The Morgan fingerprint density at radius 1 is 1.03 bits per heavy atom. The fourth-order valence-corrected chi connectivity index (χ4v) is 3.29. The van der Waals surface area contributed by atoms with E-state index in [0.29, 0.717) is 47.8 Å². The van der Waals surface area contributed by atoms with Crippen molar-refractivity contribution in [1.82, 2.24) is 10.2 Å². The van der Waals surface area contributed by atoms with Gasteiger partial charge >= 0.3 is 0 Å². The zero-order valence-electron chi connectivity index (χ0n) is 18.2. The molecule has 0 aliphatic carbocycles. The van der Waals surface area contributed by atoms with Crippen LogP contribution in [0, 0.1) is 5.92 Å². The molecule has 2 aromatic rings. The molecule has 2 amide bonds. The van der Waals surface area contributed by atoms with Crippen molar-refractivity contribution in [2.24, 2.45) is 5.92 Å². The van der Waals surface area contributed by atoms with E-state index in [-0.39, 0.29) is 18.2 Å². The summed E-state index contributed by atoms with van der Waals surface area (Å²) >= 11 is 12.0. The Morgan fingerprint density at radius 2 is 1.74 bits per heavy atom. The van der Waals surface area contributed by atoms with Crippen molar-refractivity contribution in [2.75, 3.05) is 13.2 Å². The second kappa shape index (κ2) is 12.6. The number of nitrogens with zero attached hydrogens (tertiary/aromatic N) is 1. The normalized spacial score (nSPS) is 11.8.